The molecule has 1 aromatic carbocycles. The highest BCUT2D eigenvalue weighted by atomic mass is 32.1. The number of amides is 1. The largest absolute Gasteiger partial charge is 0.345 e. The molecule has 3 heterocycles. The van der Waals surface area contributed by atoms with Gasteiger partial charge >= 0.3 is 0 Å². The number of hydrogen-bond donors (Lipinski definition) is 0. The lowest BCUT2D eigenvalue weighted by Gasteiger charge is -2.34. The third kappa shape index (κ3) is 2.96. The Kier molecular flexibility index (Phi) is 4.42. The predicted octanol–water partition coefficient (Wildman–Crippen LogP) is 2.74. The number of carbonyl (C=O) groups excluding carboxylic acids is 1. The maximum atomic E-state index is 14.0. The lowest BCUT2D eigenvalue weighted by atomic mass is 10.2. The van der Waals surface area contributed by atoms with E-state index in [0.717, 1.165) is 18.2 Å². The summed E-state index contributed by atoms with van der Waals surface area (Å²) in [4.78, 5) is 21.2. The maximum Gasteiger partial charge on any atom is 0.257 e. The van der Waals surface area contributed by atoms with Crippen LogP contribution in [0.4, 0.5) is 9.52 Å². The van der Waals surface area contributed by atoms with E-state index in [0.29, 0.717) is 30.0 Å². The van der Waals surface area contributed by atoms with Crippen LogP contribution in [0.3, 0.4) is 0 Å². The number of halogens is 1. The van der Waals surface area contributed by atoms with Crippen LogP contribution < -0.4 is 4.90 Å². The summed E-state index contributed by atoms with van der Waals surface area (Å²) in [6.07, 6.45) is 3.31. The van der Waals surface area contributed by atoms with Crippen molar-refractivity contribution in [1.82, 2.24) is 19.7 Å². The molecule has 1 aliphatic heterocycles. The van der Waals surface area contributed by atoms with Gasteiger partial charge in [-0.25, -0.2) is 14.1 Å². The predicted molar refractivity (Wildman–Crippen MR) is 98.5 cm³/mol. The molecule has 3 aromatic rings. The third-order valence-electron chi connectivity index (χ3n) is 4.58. The molecule has 0 radical (unpaired) electrons. The lowest BCUT2D eigenvalue weighted by molar-refractivity contribution is 0.0746. The first kappa shape index (κ1) is 16.7. The number of piperazine rings is 1. The molecule has 0 bridgehead atoms. The van der Waals surface area contributed by atoms with Gasteiger partial charge in [0.15, 0.2) is 5.13 Å². The van der Waals surface area contributed by atoms with Crippen molar-refractivity contribution in [3.05, 3.63) is 59.1 Å². The first-order chi connectivity index (χ1) is 12.6. The van der Waals surface area contributed by atoms with Crippen LogP contribution in [0.5, 0.6) is 0 Å². The van der Waals surface area contributed by atoms with E-state index in [9.17, 15) is 9.18 Å². The van der Waals surface area contributed by atoms with E-state index in [1.807, 2.05) is 10.3 Å². The molecular weight excluding hydrogens is 353 g/mol. The van der Waals surface area contributed by atoms with Gasteiger partial charge in [0.25, 0.3) is 5.91 Å². The van der Waals surface area contributed by atoms with Crippen molar-refractivity contribution < 1.29 is 9.18 Å². The summed E-state index contributed by atoms with van der Waals surface area (Å²) < 4.78 is 15.5. The van der Waals surface area contributed by atoms with Crippen molar-refractivity contribution in [3.8, 4) is 5.69 Å². The molecule has 26 heavy (non-hydrogen) atoms. The van der Waals surface area contributed by atoms with Crippen LogP contribution in [-0.4, -0.2) is 51.8 Å². The Morgan fingerprint density at radius 1 is 1.19 bits per heavy atom. The van der Waals surface area contributed by atoms with Crippen molar-refractivity contribution in [2.24, 2.45) is 0 Å². The van der Waals surface area contributed by atoms with Crippen molar-refractivity contribution in [1.29, 1.82) is 0 Å². The van der Waals surface area contributed by atoms with E-state index in [4.69, 9.17) is 0 Å². The van der Waals surface area contributed by atoms with Crippen LogP contribution in [0, 0.1) is 12.7 Å². The highest BCUT2D eigenvalue weighted by Crippen LogP contribution is 2.21. The topological polar surface area (TPSA) is 54.3 Å². The minimum atomic E-state index is -0.366. The van der Waals surface area contributed by atoms with Crippen molar-refractivity contribution in [2.45, 2.75) is 6.92 Å². The molecule has 0 spiro atoms. The Bertz CT molecular complexity index is 916. The van der Waals surface area contributed by atoms with Crippen molar-refractivity contribution >= 4 is 22.4 Å². The van der Waals surface area contributed by atoms with E-state index < -0.39 is 0 Å². The van der Waals surface area contributed by atoms with Gasteiger partial charge in [-0.2, -0.15) is 5.10 Å². The van der Waals surface area contributed by atoms with Gasteiger partial charge in [-0.3, -0.25) is 4.79 Å². The molecule has 0 unspecified atom stereocenters. The average molecular weight is 371 g/mol. The van der Waals surface area contributed by atoms with E-state index in [2.05, 4.69) is 15.0 Å². The first-order valence-corrected chi connectivity index (χ1v) is 9.26. The quantitative estimate of drug-likeness (QED) is 0.710. The standard InChI is InChI=1S/C18H18FN5OS/c1-13-14(12-21-24(13)16-5-3-2-4-15(16)19)17(25)22-7-9-23(10-8-22)18-20-6-11-26-18/h2-6,11-12H,7-10H2,1H3. The van der Waals surface area contributed by atoms with Gasteiger partial charge in [0.1, 0.15) is 11.5 Å². The number of thiazole rings is 1. The fourth-order valence-corrected chi connectivity index (χ4v) is 3.83. The molecule has 134 valence electrons. The highest BCUT2D eigenvalue weighted by Gasteiger charge is 2.26. The molecule has 0 aliphatic carbocycles. The van der Waals surface area contributed by atoms with E-state index in [1.54, 1.807) is 42.7 Å². The first-order valence-electron chi connectivity index (χ1n) is 8.38. The van der Waals surface area contributed by atoms with Crippen LogP contribution >= 0.6 is 11.3 Å². The highest BCUT2D eigenvalue weighted by molar-refractivity contribution is 7.13. The number of benzene rings is 1. The maximum absolute atomic E-state index is 14.0. The van der Waals surface area contributed by atoms with Gasteiger partial charge in [0.05, 0.1) is 17.5 Å². The van der Waals surface area contributed by atoms with Gasteiger partial charge in [0, 0.05) is 37.8 Å². The van der Waals surface area contributed by atoms with Crippen molar-refractivity contribution in [3.63, 3.8) is 0 Å². The molecule has 1 fully saturated rings. The molecule has 1 aliphatic rings. The molecule has 6 nitrogen and oxygen atoms in total. The Balaban J connectivity index is 1.50. The van der Waals surface area contributed by atoms with Gasteiger partial charge in [-0.05, 0) is 19.1 Å². The number of hydrogen-bond acceptors (Lipinski definition) is 5. The Hall–Kier alpha value is -2.74. The summed E-state index contributed by atoms with van der Waals surface area (Å²) in [5, 5.41) is 7.17. The average Bonchev–Trinajstić information content (AvgIpc) is 3.32. The van der Waals surface area contributed by atoms with Crippen LogP contribution in [0.1, 0.15) is 16.1 Å². The third-order valence-corrected chi connectivity index (χ3v) is 5.41. The number of aromatic nitrogens is 3. The fourth-order valence-electron chi connectivity index (χ4n) is 3.13. The zero-order valence-electron chi connectivity index (χ0n) is 14.3. The van der Waals surface area contributed by atoms with E-state index in [1.165, 1.54) is 16.9 Å². The van der Waals surface area contributed by atoms with Gasteiger partial charge in [-0.1, -0.05) is 12.1 Å². The molecule has 0 atom stereocenters. The number of rotatable bonds is 3. The summed E-state index contributed by atoms with van der Waals surface area (Å²) in [5.41, 5.74) is 1.50. The Morgan fingerprint density at radius 2 is 1.96 bits per heavy atom. The molecule has 0 saturated carbocycles. The van der Waals surface area contributed by atoms with E-state index in [-0.39, 0.29) is 11.7 Å². The smallest absolute Gasteiger partial charge is 0.257 e. The summed E-state index contributed by atoms with van der Waals surface area (Å²) in [6.45, 7) is 4.55. The summed E-state index contributed by atoms with van der Waals surface area (Å²) >= 11 is 1.60. The summed E-state index contributed by atoms with van der Waals surface area (Å²) in [5.74, 6) is -0.432. The molecule has 8 heteroatoms. The second-order valence-electron chi connectivity index (χ2n) is 6.10. The minimum Gasteiger partial charge on any atom is -0.345 e. The second kappa shape index (κ2) is 6.87. The summed E-state index contributed by atoms with van der Waals surface area (Å²) in [6, 6.07) is 6.41. The second-order valence-corrected chi connectivity index (χ2v) is 6.97. The minimum absolute atomic E-state index is 0.0659. The Morgan fingerprint density at radius 3 is 2.65 bits per heavy atom. The van der Waals surface area contributed by atoms with Crippen LogP contribution in [-0.2, 0) is 0 Å². The SMILES string of the molecule is Cc1c(C(=O)N2CCN(c3nccs3)CC2)cnn1-c1ccccc1F. The molecule has 4 rings (SSSR count). The van der Waals surface area contributed by atoms with Gasteiger partial charge in [0.2, 0.25) is 0 Å². The number of anilines is 1. The number of para-hydroxylation sites is 1. The van der Waals surface area contributed by atoms with E-state index >= 15 is 0 Å². The number of nitrogens with zero attached hydrogens (tertiary/aromatic N) is 5. The van der Waals surface area contributed by atoms with Crippen LogP contribution in [0.2, 0.25) is 0 Å². The lowest BCUT2D eigenvalue weighted by Crippen LogP contribution is -2.48. The monoisotopic (exact) mass is 371 g/mol. The zero-order valence-corrected chi connectivity index (χ0v) is 15.1. The molecule has 0 N–H and O–H groups in total. The van der Waals surface area contributed by atoms with Gasteiger partial charge < -0.3 is 9.80 Å². The fraction of sp³-hybridized carbons (Fsp3) is 0.278. The van der Waals surface area contributed by atoms with Crippen molar-refractivity contribution in [2.75, 3.05) is 31.1 Å². The normalized spacial score (nSPS) is 14.7. The summed E-state index contributed by atoms with van der Waals surface area (Å²) in [7, 11) is 0. The molecule has 1 saturated heterocycles. The number of carbonyl (C=O) groups is 1. The Labute approximate surface area is 154 Å². The van der Waals surface area contributed by atoms with Crippen LogP contribution in [0.25, 0.3) is 5.69 Å². The molecule has 2 aromatic heterocycles. The van der Waals surface area contributed by atoms with Gasteiger partial charge in [-0.15, -0.1) is 11.3 Å². The van der Waals surface area contributed by atoms with Crippen LogP contribution in [0.15, 0.2) is 42.0 Å². The molecular formula is C18H18FN5OS. The molecule has 1 amide bonds. The zero-order chi connectivity index (χ0) is 18.1.